The van der Waals surface area contributed by atoms with Gasteiger partial charge >= 0.3 is 11.8 Å². The summed E-state index contributed by atoms with van der Waals surface area (Å²) in [4.78, 5) is 34.8. The van der Waals surface area contributed by atoms with Crippen molar-refractivity contribution >= 4 is 28.5 Å². The molecular weight excluding hydrogens is 332 g/mol. The van der Waals surface area contributed by atoms with Gasteiger partial charge in [-0.05, 0) is 12.1 Å². The Labute approximate surface area is 141 Å². The summed E-state index contributed by atoms with van der Waals surface area (Å²) >= 11 is 0. The van der Waals surface area contributed by atoms with Crippen LogP contribution in [0.15, 0.2) is 24.3 Å². The lowest BCUT2D eigenvalue weighted by molar-refractivity contribution is -0.150. The third-order valence-corrected chi connectivity index (χ3v) is 4.53. The Morgan fingerprint density at radius 2 is 1.96 bits per heavy atom. The summed E-state index contributed by atoms with van der Waals surface area (Å²) in [6.07, 6.45) is -2.76. The van der Waals surface area contributed by atoms with Crippen molar-refractivity contribution in [2.75, 3.05) is 31.1 Å². The van der Waals surface area contributed by atoms with E-state index in [0.29, 0.717) is 42.9 Å². The van der Waals surface area contributed by atoms with Gasteiger partial charge in [0, 0.05) is 31.6 Å². The summed E-state index contributed by atoms with van der Waals surface area (Å²) in [7, 11) is 0. The molecule has 9 heteroatoms. The topological polar surface area (TPSA) is 78.4 Å². The third-order valence-electron chi connectivity index (χ3n) is 4.53. The predicted molar refractivity (Wildman–Crippen MR) is 85.2 cm³/mol. The smallest absolute Gasteiger partial charge is 0.312 e. The van der Waals surface area contributed by atoms with Gasteiger partial charge in [-0.15, -0.1) is 0 Å². The summed E-state index contributed by atoms with van der Waals surface area (Å²) in [5, 5.41) is 3.25. The fraction of sp³-hybridized carbons (Fsp3) is 0.375. The average molecular weight is 347 g/mol. The molecule has 1 aromatic carbocycles. The van der Waals surface area contributed by atoms with E-state index >= 15 is 0 Å². The lowest BCUT2D eigenvalue weighted by Crippen LogP contribution is -2.65. The summed E-state index contributed by atoms with van der Waals surface area (Å²) in [5.41, 5.74) is 0.457. The third kappa shape index (κ3) is 2.65. The van der Waals surface area contributed by atoms with Crippen LogP contribution in [-0.4, -0.2) is 58.9 Å². The molecule has 2 saturated heterocycles. The van der Waals surface area contributed by atoms with Gasteiger partial charge in [-0.3, -0.25) is 9.59 Å². The number of hydrogen-bond donors (Lipinski definition) is 1. The molecule has 2 aliphatic rings. The van der Waals surface area contributed by atoms with Gasteiger partial charge in [-0.25, -0.2) is 18.7 Å². The normalized spacial score (nSPS) is 20.8. The first-order valence-corrected chi connectivity index (χ1v) is 7.93. The molecule has 25 heavy (non-hydrogen) atoms. The van der Waals surface area contributed by atoms with Crippen LogP contribution in [0.1, 0.15) is 12.2 Å². The highest BCUT2D eigenvalue weighted by Crippen LogP contribution is 2.29. The van der Waals surface area contributed by atoms with Crippen molar-refractivity contribution in [1.29, 1.82) is 0 Å². The number of carbonyl (C=O) groups is 2. The highest BCUT2D eigenvalue weighted by atomic mass is 19.3. The summed E-state index contributed by atoms with van der Waals surface area (Å²) in [5.74, 6) is -1.22. The minimum absolute atomic E-state index is 0.206. The molecule has 2 aliphatic heterocycles. The fourth-order valence-electron chi connectivity index (χ4n) is 3.32. The number of benzene rings is 1. The molecule has 0 radical (unpaired) electrons. The number of nitrogens with one attached hydrogen (secondary N) is 1. The number of carbonyl (C=O) groups excluding carboxylic acids is 2. The van der Waals surface area contributed by atoms with E-state index in [1.54, 1.807) is 24.3 Å². The second-order valence-electron chi connectivity index (χ2n) is 6.03. The molecule has 1 aromatic heterocycles. The van der Waals surface area contributed by atoms with Crippen LogP contribution >= 0.6 is 0 Å². The van der Waals surface area contributed by atoms with Crippen LogP contribution < -0.4 is 10.2 Å². The monoisotopic (exact) mass is 347 g/mol. The lowest BCUT2D eigenvalue weighted by atomic mass is 10.1. The number of hydrogen-bond acceptors (Lipinski definition) is 5. The van der Waals surface area contributed by atoms with E-state index in [-0.39, 0.29) is 6.04 Å². The molecule has 0 saturated carbocycles. The maximum atomic E-state index is 13.2. The van der Waals surface area contributed by atoms with E-state index in [9.17, 15) is 18.4 Å². The molecule has 0 unspecified atom stereocenters. The summed E-state index contributed by atoms with van der Waals surface area (Å²) in [6, 6.07) is 6.80. The van der Waals surface area contributed by atoms with E-state index in [4.69, 9.17) is 0 Å². The molecule has 1 atom stereocenters. The van der Waals surface area contributed by atoms with E-state index in [1.165, 1.54) is 4.90 Å². The molecule has 0 bridgehead atoms. The van der Waals surface area contributed by atoms with Crippen molar-refractivity contribution in [3.05, 3.63) is 30.1 Å². The molecule has 7 nitrogen and oxygen atoms in total. The van der Waals surface area contributed by atoms with Crippen LogP contribution in [0, 0.1) is 0 Å². The van der Waals surface area contributed by atoms with Crippen molar-refractivity contribution in [1.82, 2.24) is 20.2 Å². The van der Waals surface area contributed by atoms with E-state index in [2.05, 4.69) is 15.3 Å². The van der Waals surface area contributed by atoms with Gasteiger partial charge in [-0.2, -0.15) is 0 Å². The van der Waals surface area contributed by atoms with Gasteiger partial charge in [0.05, 0.1) is 11.6 Å². The Balaban J connectivity index is 1.70. The first kappa shape index (κ1) is 15.7. The number of rotatable bonds is 2. The Morgan fingerprint density at radius 1 is 1.16 bits per heavy atom. The zero-order chi connectivity index (χ0) is 17.6. The Morgan fingerprint density at radius 3 is 2.76 bits per heavy atom. The van der Waals surface area contributed by atoms with Crippen LogP contribution in [0.25, 0.3) is 10.9 Å². The Hall–Kier alpha value is -2.84. The number of fused-ring (bicyclic) bond motifs is 2. The van der Waals surface area contributed by atoms with Crippen LogP contribution in [-0.2, 0) is 9.59 Å². The number of para-hydroxylation sites is 1. The first-order chi connectivity index (χ1) is 12.0. The van der Waals surface area contributed by atoms with Crippen molar-refractivity contribution in [3.63, 3.8) is 0 Å². The lowest BCUT2D eigenvalue weighted by Gasteiger charge is -2.44. The number of piperazine rings is 2. The van der Waals surface area contributed by atoms with E-state index < -0.39 is 24.1 Å². The van der Waals surface area contributed by atoms with Gasteiger partial charge in [-0.1, -0.05) is 12.1 Å². The number of amides is 2. The van der Waals surface area contributed by atoms with Gasteiger partial charge < -0.3 is 15.1 Å². The van der Waals surface area contributed by atoms with Crippen molar-refractivity contribution < 1.29 is 18.4 Å². The van der Waals surface area contributed by atoms with Crippen molar-refractivity contribution in [2.45, 2.75) is 12.5 Å². The molecule has 4 rings (SSSR count). The molecule has 1 N–H and O–H groups in total. The van der Waals surface area contributed by atoms with Crippen LogP contribution in [0.2, 0.25) is 0 Å². The minimum atomic E-state index is -2.76. The zero-order valence-corrected chi connectivity index (χ0v) is 13.2. The first-order valence-electron chi connectivity index (χ1n) is 7.93. The highest BCUT2D eigenvalue weighted by Gasteiger charge is 2.38. The summed E-state index contributed by atoms with van der Waals surface area (Å²) in [6.45, 7) is 1.51. The number of nitrogens with zero attached hydrogens (tertiary/aromatic N) is 4. The highest BCUT2D eigenvalue weighted by molar-refractivity contribution is 6.35. The molecule has 130 valence electrons. The number of aromatic nitrogens is 2. The zero-order valence-electron chi connectivity index (χ0n) is 13.2. The predicted octanol–water partition coefficient (Wildman–Crippen LogP) is 0.714. The maximum Gasteiger partial charge on any atom is 0.312 e. The Bertz CT molecular complexity index is 860. The number of anilines is 1. The van der Waals surface area contributed by atoms with Gasteiger partial charge in [0.15, 0.2) is 5.82 Å². The quantitative estimate of drug-likeness (QED) is 0.810. The van der Waals surface area contributed by atoms with Crippen LogP contribution in [0.3, 0.4) is 0 Å². The second-order valence-corrected chi connectivity index (χ2v) is 6.03. The van der Waals surface area contributed by atoms with Gasteiger partial charge in [0.25, 0.3) is 6.43 Å². The minimum Gasteiger partial charge on any atom is -0.352 e. The van der Waals surface area contributed by atoms with Crippen LogP contribution in [0.4, 0.5) is 14.6 Å². The van der Waals surface area contributed by atoms with Gasteiger partial charge in [0.2, 0.25) is 0 Å². The SMILES string of the molecule is O=C1NC[C@@H]2CN(c3nc(C(F)F)nc4ccccc34)CCN2C1=O. The maximum absolute atomic E-state index is 13.2. The van der Waals surface area contributed by atoms with Gasteiger partial charge in [0.1, 0.15) is 5.82 Å². The van der Waals surface area contributed by atoms with E-state index in [1.807, 2.05) is 4.90 Å². The second kappa shape index (κ2) is 5.91. The van der Waals surface area contributed by atoms with E-state index in [0.717, 1.165) is 0 Å². The molecule has 3 heterocycles. The summed E-state index contributed by atoms with van der Waals surface area (Å²) < 4.78 is 26.3. The molecule has 0 spiro atoms. The molecular formula is C16H15F2N5O2. The number of alkyl halides is 2. The molecule has 2 amide bonds. The van der Waals surface area contributed by atoms with Crippen molar-refractivity contribution in [2.24, 2.45) is 0 Å². The Kier molecular flexibility index (Phi) is 3.70. The molecule has 0 aliphatic carbocycles. The molecule has 2 fully saturated rings. The standard InChI is InChI=1S/C16H15F2N5O2/c17-12(18)13-20-11-4-2-1-3-10(11)14(21-13)22-5-6-23-9(8-22)7-19-15(24)16(23)25/h1-4,9,12H,5-8H2,(H,19,24)/t9-/m1/s1. The average Bonchev–Trinajstić information content (AvgIpc) is 2.63. The molecule has 2 aromatic rings. The largest absolute Gasteiger partial charge is 0.352 e. The van der Waals surface area contributed by atoms with Crippen LogP contribution in [0.5, 0.6) is 0 Å². The number of halogens is 2. The fourth-order valence-corrected chi connectivity index (χ4v) is 3.32. The van der Waals surface area contributed by atoms with Crippen molar-refractivity contribution in [3.8, 4) is 0 Å².